The van der Waals surface area contributed by atoms with Crippen LogP contribution >= 0.6 is 23.4 Å². The number of fused-ring (bicyclic) bond motifs is 1. The molecule has 0 saturated carbocycles. The summed E-state index contributed by atoms with van der Waals surface area (Å²) in [5.74, 6) is 3.18. The highest BCUT2D eigenvalue weighted by atomic mass is 35.5. The quantitative estimate of drug-likeness (QED) is 0.354. The zero-order valence-electron chi connectivity index (χ0n) is 16.4. The molecule has 150 valence electrons. The van der Waals surface area contributed by atoms with Crippen LogP contribution in [0.2, 0.25) is 5.02 Å². The van der Waals surface area contributed by atoms with E-state index in [0.29, 0.717) is 34.0 Å². The van der Waals surface area contributed by atoms with E-state index in [-0.39, 0.29) is 12.2 Å². The van der Waals surface area contributed by atoms with E-state index in [1.54, 1.807) is 6.07 Å². The SMILES string of the molecule is CC(C)(C)c1cc(Oc2ccc3c(c2)OCO3)nc(SCc2ccccc2Cl)n1. The molecule has 1 aromatic heterocycles. The van der Waals surface area contributed by atoms with Gasteiger partial charge in [-0.05, 0) is 23.8 Å². The van der Waals surface area contributed by atoms with Gasteiger partial charge in [-0.3, -0.25) is 0 Å². The summed E-state index contributed by atoms with van der Waals surface area (Å²) in [4.78, 5) is 9.33. The van der Waals surface area contributed by atoms with Crippen molar-refractivity contribution in [1.29, 1.82) is 0 Å². The fourth-order valence-corrected chi connectivity index (χ4v) is 3.86. The standard InChI is InChI=1S/C22H21ClN2O3S/c1-22(2,3)19-11-20(28-15-8-9-17-18(10-15)27-13-26-17)25-21(24-19)29-12-14-6-4-5-7-16(14)23/h4-11H,12-13H2,1-3H3. The summed E-state index contributed by atoms with van der Waals surface area (Å²) in [6.45, 7) is 6.57. The van der Waals surface area contributed by atoms with E-state index >= 15 is 0 Å². The van der Waals surface area contributed by atoms with Crippen molar-refractivity contribution in [2.45, 2.75) is 37.1 Å². The van der Waals surface area contributed by atoms with Gasteiger partial charge in [0.1, 0.15) is 5.75 Å². The highest BCUT2D eigenvalue weighted by Gasteiger charge is 2.20. The van der Waals surface area contributed by atoms with Crippen molar-refractivity contribution < 1.29 is 14.2 Å². The summed E-state index contributed by atoms with van der Waals surface area (Å²) in [5, 5.41) is 1.39. The van der Waals surface area contributed by atoms with E-state index in [4.69, 9.17) is 30.8 Å². The minimum Gasteiger partial charge on any atom is -0.454 e. The number of ether oxygens (including phenoxy) is 3. The monoisotopic (exact) mass is 428 g/mol. The number of aromatic nitrogens is 2. The molecule has 1 aliphatic rings. The van der Waals surface area contributed by atoms with Crippen molar-refractivity contribution >= 4 is 23.4 Å². The Morgan fingerprint density at radius 1 is 1.03 bits per heavy atom. The number of benzene rings is 2. The van der Waals surface area contributed by atoms with E-state index in [9.17, 15) is 0 Å². The van der Waals surface area contributed by atoms with Gasteiger partial charge < -0.3 is 14.2 Å². The van der Waals surface area contributed by atoms with Crippen molar-refractivity contribution in [2.75, 3.05) is 6.79 Å². The van der Waals surface area contributed by atoms with Gasteiger partial charge in [0.15, 0.2) is 16.7 Å². The number of hydrogen-bond acceptors (Lipinski definition) is 6. The lowest BCUT2D eigenvalue weighted by Crippen LogP contribution is -2.14. The second-order valence-corrected chi connectivity index (χ2v) is 8.97. The molecule has 5 nitrogen and oxygen atoms in total. The highest BCUT2D eigenvalue weighted by Crippen LogP contribution is 2.37. The van der Waals surface area contributed by atoms with Crippen LogP contribution in [0.4, 0.5) is 0 Å². The van der Waals surface area contributed by atoms with Crippen LogP contribution < -0.4 is 14.2 Å². The molecule has 2 heterocycles. The van der Waals surface area contributed by atoms with E-state index in [0.717, 1.165) is 16.3 Å². The van der Waals surface area contributed by atoms with Crippen LogP contribution in [0.1, 0.15) is 32.0 Å². The summed E-state index contributed by atoms with van der Waals surface area (Å²) in [7, 11) is 0. The van der Waals surface area contributed by atoms with Gasteiger partial charge >= 0.3 is 0 Å². The van der Waals surface area contributed by atoms with Crippen LogP contribution in [0.5, 0.6) is 23.1 Å². The molecule has 0 bridgehead atoms. The third-order valence-corrected chi connectivity index (χ3v) is 5.60. The van der Waals surface area contributed by atoms with Crippen LogP contribution in [0.25, 0.3) is 0 Å². The van der Waals surface area contributed by atoms with Crippen molar-refractivity contribution in [3.63, 3.8) is 0 Å². The Balaban J connectivity index is 1.59. The summed E-state index contributed by atoms with van der Waals surface area (Å²) in [6.07, 6.45) is 0. The first kappa shape index (κ1) is 19.9. The smallest absolute Gasteiger partial charge is 0.231 e. The fraction of sp³-hybridized carbons (Fsp3) is 0.273. The summed E-state index contributed by atoms with van der Waals surface area (Å²) >= 11 is 7.81. The predicted molar refractivity (Wildman–Crippen MR) is 114 cm³/mol. The number of nitrogens with zero attached hydrogens (tertiary/aromatic N) is 2. The first-order chi connectivity index (χ1) is 13.9. The molecular weight excluding hydrogens is 408 g/mol. The van der Waals surface area contributed by atoms with Crippen LogP contribution in [-0.4, -0.2) is 16.8 Å². The maximum Gasteiger partial charge on any atom is 0.231 e. The lowest BCUT2D eigenvalue weighted by Gasteiger charge is -2.19. The van der Waals surface area contributed by atoms with Crippen molar-refractivity contribution in [2.24, 2.45) is 0 Å². The highest BCUT2D eigenvalue weighted by molar-refractivity contribution is 7.98. The van der Waals surface area contributed by atoms with Gasteiger partial charge in [0, 0.05) is 28.3 Å². The number of rotatable bonds is 5. The molecule has 0 saturated heterocycles. The molecule has 0 amide bonds. The van der Waals surface area contributed by atoms with Crippen molar-refractivity contribution in [3.8, 4) is 23.1 Å². The van der Waals surface area contributed by atoms with Gasteiger partial charge in [0.25, 0.3) is 0 Å². The molecule has 0 unspecified atom stereocenters. The average molecular weight is 429 g/mol. The Labute approximate surface area is 179 Å². The maximum atomic E-state index is 6.28. The van der Waals surface area contributed by atoms with Gasteiger partial charge in [-0.1, -0.05) is 62.3 Å². The topological polar surface area (TPSA) is 53.5 Å². The van der Waals surface area contributed by atoms with E-state index in [1.807, 2.05) is 42.5 Å². The Morgan fingerprint density at radius 3 is 2.62 bits per heavy atom. The van der Waals surface area contributed by atoms with Gasteiger partial charge in [-0.2, -0.15) is 4.98 Å². The predicted octanol–water partition coefficient (Wildman–Crippen LogP) is 6.24. The van der Waals surface area contributed by atoms with E-state index in [2.05, 4.69) is 25.8 Å². The van der Waals surface area contributed by atoms with Crippen LogP contribution in [-0.2, 0) is 11.2 Å². The molecule has 1 aliphatic heterocycles. The fourth-order valence-electron chi connectivity index (χ4n) is 2.72. The lowest BCUT2D eigenvalue weighted by molar-refractivity contribution is 0.174. The second kappa shape index (κ2) is 8.13. The van der Waals surface area contributed by atoms with Crippen LogP contribution in [0.3, 0.4) is 0 Å². The van der Waals surface area contributed by atoms with Gasteiger partial charge in [0.2, 0.25) is 12.7 Å². The van der Waals surface area contributed by atoms with Crippen LogP contribution in [0, 0.1) is 0 Å². The molecule has 0 atom stereocenters. The Bertz CT molecular complexity index is 1040. The largest absolute Gasteiger partial charge is 0.454 e. The third kappa shape index (κ3) is 4.77. The average Bonchev–Trinajstić information content (AvgIpc) is 3.14. The lowest BCUT2D eigenvalue weighted by atomic mass is 9.92. The maximum absolute atomic E-state index is 6.28. The molecule has 0 spiro atoms. The second-order valence-electron chi connectivity index (χ2n) is 7.62. The molecule has 0 radical (unpaired) electrons. The molecular formula is C22H21ClN2O3S. The first-order valence-corrected chi connectivity index (χ1v) is 10.6. The van der Waals surface area contributed by atoms with Crippen LogP contribution in [0.15, 0.2) is 53.7 Å². The Kier molecular flexibility index (Phi) is 5.56. The molecule has 4 rings (SSSR count). The third-order valence-electron chi connectivity index (χ3n) is 4.33. The zero-order chi connectivity index (χ0) is 20.4. The van der Waals surface area contributed by atoms with Crippen molar-refractivity contribution in [1.82, 2.24) is 9.97 Å². The molecule has 3 aromatic rings. The first-order valence-electron chi connectivity index (χ1n) is 9.22. The van der Waals surface area contributed by atoms with Gasteiger partial charge in [-0.15, -0.1) is 0 Å². The summed E-state index contributed by atoms with van der Waals surface area (Å²) in [6, 6.07) is 15.1. The zero-order valence-corrected chi connectivity index (χ0v) is 18.0. The molecule has 0 aliphatic carbocycles. The molecule has 29 heavy (non-hydrogen) atoms. The molecule has 0 N–H and O–H groups in total. The Hall–Kier alpha value is -2.44. The molecule has 0 fully saturated rings. The molecule has 2 aromatic carbocycles. The number of halogens is 1. The minimum absolute atomic E-state index is 0.143. The van der Waals surface area contributed by atoms with E-state index in [1.165, 1.54) is 11.8 Å². The van der Waals surface area contributed by atoms with Gasteiger partial charge in [0.05, 0.1) is 5.69 Å². The number of thioether (sulfide) groups is 1. The summed E-state index contributed by atoms with van der Waals surface area (Å²) < 4.78 is 16.8. The molecule has 7 heteroatoms. The van der Waals surface area contributed by atoms with Crippen molar-refractivity contribution in [3.05, 3.63) is 64.8 Å². The number of hydrogen-bond donors (Lipinski definition) is 0. The minimum atomic E-state index is -0.143. The van der Waals surface area contributed by atoms with E-state index < -0.39 is 0 Å². The summed E-state index contributed by atoms with van der Waals surface area (Å²) in [5.41, 5.74) is 1.81. The Morgan fingerprint density at radius 2 is 1.83 bits per heavy atom. The van der Waals surface area contributed by atoms with Gasteiger partial charge in [-0.25, -0.2) is 4.98 Å². The normalized spacial score (nSPS) is 12.8.